The minimum Gasteiger partial charge on any atom is -0.350 e. The van der Waals surface area contributed by atoms with E-state index in [1.165, 1.54) is 18.3 Å². The lowest BCUT2D eigenvalue weighted by molar-refractivity contribution is 0.0944. The van der Waals surface area contributed by atoms with Crippen molar-refractivity contribution in [3.63, 3.8) is 0 Å². The van der Waals surface area contributed by atoms with Crippen LogP contribution in [0.25, 0.3) is 0 Å². The van der Waals surface area contributed by atoms with Gasteiger partial charge in [-0.2, -0.15) is 0 Å². The Kier molecular flexibility index (Phi) is 4.98. The van der Waals surface area contributed by atoms with Gasteiger partial charge in [-0.25, -0.2) is 18.7 Å². The molecule has 22 heavy (non-hydrogen) atoms. The summed E-state index contributed by atoms with van der Waals surface area (Å²) in [4.78, 5) is 19.9. The molecule has 0 radical (unpaired) electrons. The monoisotopic (exact) mass is 306 g/mol. The number of amides is 1. The molecule has 0 aliphatic carbocycles. The molecule has 116 valence electrons. The summed E-state index contributed by atoms with van der Waals surface area (Å²) in [6.45, 7) is 4.50. The van der Waals surface area contributed by atoms with Gasteiger partial charge in [0.15, 0.2) is 11.6 Å². The fourth-order valence-corrected chi connectivity index (χ4v) is 1.64. The Morgan fingerprint density at radius 2 is 2.00 bits per heavy atom. The number of rotatable bonds is 5. The number of aromatic nitrogens is 2. The Morgan fingerprint density at radius 1 is 1.23 bits per heavy atom. The summed E-state index contributed by atoms with van der Waals surface area (Å²) >= 11 is 0. The van der Waals surface area contributed by atoms with E-state index in [0.29, 0.717) is 18.2 Å². The Balaban J connectivity index is 2.10. The Bertz CT molecular complexity index is 676. The van der Waals surface area contributed by atoms with Gasteiger partial charge in [0.25, 0.3) is 5.91 Å². The van der Waals surface area contributed by atoms with E-state index in [1.807, 2.05) is 13.8 Å². The van der Waals surface area contributed by atoms with Gasteiger partial charge in [-0.1, -0.05) is 13.8 Å². The van der Waals surface area contributed by atoms with Crippen molar-refractivity contribution in [2.45, 2.75) is 13.8 Å². The minimum atomic E-state index is -0.976. The standard InChI is InChI=1S/C15H16F2N4O/c1-9(2)8-19-14(22)13-5-6-18-15(21-13)20-10-3-4-11(16)12(17)7-10/h3-7,9H,8H2,1-2H3,(H,19,22)(H,18,20,21). The highest BCUT2D eigenvalue weighted by Gasteiger charge is 2.10. The highest BCUT2D eigenvalue weighted by molar-refractivity contribution is 5.92. The van der Waals surface area contributed by atoms with Crippen molar-refractivity contribution in [1.29, 1.82) is 0 Å². The Labute approximate surface area is 126 Å². The molecule has 7 heteroatoms. The second kappa shape index (κ2) is 6.93. The van der Waals surface area contributed by atoms with Crippen LogP contribution in [0.2, 0.25) is 0 Å². The van der Waals surface area contributed by atoms with Crippen LogP contribution in [0.5, 0.6) is 0 Å². The first-order valence-corrected chi connectivity index (χ1v) is 6.79. The van der Waals surface area contributed by atoms with Gasteiger partial charge in [0, 0.05) is 24.5 Å². The van der Waals surface area contributed by atoms with Gasteiger partial charge in [-0.05, 0) is 24.1 Å². The molecule has 0 spiro atoms. The van der Waals surface area contributed by atoms with Gasteiger partial charge in [-0.15, -0.1) is 0 Å². The zero-order valence-corrected chi connectivity index (χ0v) is 12.2. The second-order valence-corrected chi connectivity index (χ2v) is 5.12. The van der Waals surface area contributed by atoms with E-state index in [-0.39, 0.29) is 17.5 Å². The van der Waals surface area contributed by atoms with Gasteiger partial charge in [0.2, 0.25) is 5.95 Å². The number of hydrogen-bond acceptors (Lipinski definition) is 4. The zero-order valence-electron chi connectivity index (χ0n) is 12.2. The molecule has 0 fully saturated rings. The molecule has 1 aromatic heterocycles. The first kappa shape index (κ1) is 15.8. The van der Waals surface area contributed by atoms with Crippen LogP contribution in [0.1, 0.15) is 24.3 Å². The number of anilines is 2. The van der Waals surface area contributed by atoms with Crippen molar-refractivity contribution in [2.75, 3.05) is 11.9 Å². The largest absolute Gasteiger partial charge is 0.350 e. The zero-order chi connectivity index (χ0) is 16.1. The normalized spacial score (nSPS) is 10.6. The number of nitrogens with zero attached hydrogens (tertiary/aromatic N) is 2. The van der Waals surface area contributed by atoms with Crippen molar-refractivity contribution in [3.8, 4) is 0 Å². The van der Waals surface area contributed by atoms with Crippen LogP contribution in [-0.4, -0.2) is 22.4 Å². The van der Waals surface area contributed by atoms with Crippen molar-refractivity contribution in [1.82, 2.24) is 15.3 Å². The smallest absolute Gasteiger partial charge is 0.270 e. The van der Waals surface area contributed by atoms with Crippen LogP contribution in [0.15, 0.2) is 30.5 Å². The molecule has 0 atom stereocenters. The number of hydrogen-bond donors (Lipinski definition) is 2. The number of carbonyl (C=O) groups is 1. The summed E-state index contributed by atoms with van der Waals surface area (Å²) in [5.41, 5.74) is 0.486. The molecular weight excluding hydrogens is 290 g/mol. The van der Waals surface area contributed by atoms with Crippen molar-refractivity contribution in [2.24, 2.45) is 5.92 Å². The first-order valence-electron chi connectivity index (χ1n) is 6.79. The third-order valence-corrected chi connectivity index (χ3v) is 2.73. The van der Waals surface area contributed by atoms with Gasteiger partial charge < -0.3 is 10.6 Å². The first-order chi connectivity index (χ1) is 10.5. The van der Waals surface area contributed by atoms with E-state index in [4.69, 9.17) is 0 Å². The quantitative estimate of drug-likeness (QED) is 0.891. The third kappa shape index (κ3) is 4.21. The third-order valence-electron chi connectivity index (χ3n) is 2.73. The average molecular weight is 306 g/mol. The molecule has 0 unspecified atom stereocenters. The molecule has 5 nitrogen and oxygen atoms in total. The molecule has 0 aliphatic rings. The summed E-state index contributed by atoms with van der Waals surface area (Å²) in [7, 11) is 0. The Morgan fingerprint density at radius 3 is 2.68 bits per heavy atom. The minimum absolute atomic E-state index is 0.128. The highest BCUT2D eigenvalue weighted by Crippen LogP contribution is 2.16. The molecule has 2 rings (SSSR count). The van der Waals surface area contributed by atoms with Crippen molar-refractivity contribution in [3.05, 3.63) is 47.8 Å². The van der Waals surface area contributed by atoms with E-state index >= 15 is 0 Å². The van der Waals surface area contributed by atoms with Crippen LogP contribution in [0.3, 0.4) is 0 Å². The summed E-state index contributed by atoms with van der Waals surface area (Å²) in [5, 5.41) is 5.46. The van der Waals surface area contributed by atoms with E-state index in [1.54, 1.807) is 0 Å². The van der Waals surface area contributed by atoms with E-state index in [2.05, 4.69) is 20.6 Å². The lowest BCUT2D eigenvalue weighted by Crippen LogP contribution is -2.28. The molecule has 2 N–H and O–H groups in total. The average Bonchev–Trinajstić information content (AvgIpc) is 2.49. The lowest BCUT2D eigenvalue weighted by Gasteiger charge is -2.09. The number of carbonyl (C=O) groups excluding carboxylic acids is 1. The number of halogens is 2. The summed E-state index contributed by atoms with van der Waals surface area (Å²) < 4.78 is 26.0. The van der Waals surface area contributed by atoms with Crippen LogP contribution in [0.4, 0.5) is 20.4 Å². The van der Waals surface area contributed by atoms with E-state index < -0.39 is 11.6 Å². The summed E-state index contributed by atoms with van der Waals surface area (Å²) in [6, 6.07) is 4.82. The van der Waals surface area contributed by atoms with Gasteiger partial charge >= 0.3 is 0 Å². The molecular formula is C15H16F2N4O. The molecule has 1 heterocycles. The van der Waals surface area contributed by atoms with E-state index in [0.717, 1.165) is 12.1 Å². The predicted molar refractivity (Wildman–Crippen MR) is 78.8 cm³/mol. The summed E-state index contributed by atoms with van der Waals surface area (Å²) in [6.07, 6.45) is 1.42. The molecule has 0 bridgehead atoms. The second-order valence-electron chi connectivity index (χ2n) is 5.12. The SMILES string of the molecule is CC(C)CNC(=O)c1ccnc(Nc2ccc(F)c(F)c2)n1. The molecule has 0 saturated carbocycles. The predicted octanol–water partition coefficient (Wildman–Crippen LogP) is 2.88. The maximum absolute atomic E-state index is 13.1. The van der Waals surface area contributed by atoms with Gasteiger partial charge in [-0.3, -0.25) is 4.79 Å². The van der Waals surface area contributed by atoms with Crippen LogP contribution >= 0.6 is 0 Å². The highest BCUT2D eigenvalue weighted by atomic mass is 19.2. The van der Waals surface area contributed by atoms with Crippen LogP contribution in [-0.2, 0) is 0 Å². The maximum atomic E-state index is 13.1. The molecule has 0 saturated heterocycles. The number of nitrogens with one attached hydrogen (secondary N) is 2. The van der Waals surface area contributed by atoms with Crippen LogP contribution in [0, 0.1) is 17.6 Å². The lowest BCUT2D eigenvalue weighted by atomic mass is 10.2. The molecule has 1 amide bonds. The van der Waals surface area contributed by atoms with Gasteiger partial charge in [0.05, 0.1) is 0 Å². The van der Waals surface area contributed by atoms with Crippen LogP contribution < -0.4 is 10.6 Å². The summed E-state index contributed by atoms with van der Waals surface area (Å²) in [5.74, 6) is -1.78. The molecule has 1 aromatic carbocycles. The fourth-order valence-electron chi connectivity index (χ4n) is 1.64. The van der Waals surface area contributed by atoms with Crippen molar-refractivity contribution >= 4 is 17.5 Å². The Hall–Kier alpha value is -2.57. The number of benzene rings is 1. The topological polar surface area (TPSA) is 66.9 Å². The molecule has 0 aliphatic heterocycles. The van der Waals surface area contributed by atoms with Crippen molar-refractivity contribution < 1.29 is 13.6 Å². The maximum Gasteiger partial charge on any atom is 0.270 e. The van der Waals surface area contributed by atoms with E-state index in [9.17, 15) is 13.6 Å². The fraction of sp³-hybridized carbons (Fsp3) is 0.267. The van der Waals surface area contributed by atoms with Gasteiger partial charge in [0.1, 0.15) is 5.69 Å². The molecule has 2 aromatic rings.